The molecule has 1 heterocycles. The van der Waals surface area contributed by atoms with Gasteiger partial charge in [-0.1, -0.05) is 64.0 Å². The van der Waals surface area contributed by atoms with Gasteiger partial charge in [0.15, 0.2) is 5.60 Å². The van der Waals surface area contributed by atoms with Crippen molar-refractivity contribution in [2.24, 2.45) is 0 Å². The predicted octanol–water partition coefficient (Wildman–Crippen LogP) is 3.80. The molecule has 0 aromatic heterocycles. The van der Waals surface area contributed by atoms with Gasteiger partial charge in [-0.25, -0.2) is 4.79 Å². The van der Waals surface area contributed by atoms with Crippen molar-refractivity contribution < 1.29 is 9.53 Å². The van der Waals surface area contributed by atoms with Crippen LogP contribution in [0.4, 0.5) is 0 Å². The van der Waals surface area contributed by atoms with E-state index in [0.29, 0.717) is 10.9 Å². The Morgan fingerprint density at radius 2 is 1.79 bits per heavy atom. The smallest absolute Gasteiger partial charge is 0.339 e. The summed E-state index contributed by atoms with van der Waals surface area (Å²) < 4.78 is 5.71. The number of cyclic esters (lactones) is 1. The van der Waals surface area contributed by atoms with Gasteiger partial charge in [0, 0.05) is 11.1 Å². The topological polar surface area (TPSA) is 26.3 Å². The fourth-order valence-electron chi connectivity index (χ4n) is 2.50. The number of alkyl halides is 1. The first-order chi connectivity index (χ1) is 9.17. The molecule has 1 aliphatic heterocycles. The maximum Gasteiger partial charge on any atom is 0.339 e. The number of esters is 1. The lowest BCUT2D eigenvalue weighted by Gasteiger charge is -2.27. The molecule has 0 unspecified atom stereocenters. The van der Waals surface area contributed by atoms with Gasteiger partial charge < -0.3 is 4.74 Å². The highest BCUT2D eigenvalue weighted by molar-refractivity contribution is 9.09. The van der Waals surface area contributed by atoms with Crippen LogP contribution in [-0.2, 0) is 10.3 Å². The van der Waals surface area contributed by atoms with Crippen LogP contribution in [0.15, 0.2) is 48.5 Å². The van der Waals surface area contributed by atoms with Gasteiger partial charge in [-0.3, -0.25) is 0 Å². The van der Waals surface area contributed by atoms with E-state index in [0.717, 1.165) is 11.1 Å². The second-order valence-electron chi connectivity index (χ2n) is 4.76. The third kappa shape index (κ3) is 1.80. The van der Waals surface area contributed by atoms with E-state index in [1.807, 2.05) is 55.5 Å². The van der Waals surface area contributed by atoms with Crippen LogP contribution in [0, 0.1) is 6.92 Å². The molecule has 0 radical (unpaired) electrons. The summed E-state index contributed by atoms with van der Waals surface area (Å²) in [7, 11) is 0. The van der Waals surface area contributed by atoms with Crippen molar-refractivity contribution in [3.63, 3.8) is 0 Å². The summed E-state index contributed by atoms with van der Waals surface area (Å²) >= 11 is 3.51. The van der Waals surface area contributed by atoms with Crippen LogP contribution in [0.3, 0.4) is 0 Å². The molecular formula is C16H13BrO2. The molecule has 3 rings (SSSR count). The van der Waals surface area contributed by atoms with Gasteiger partial charge in [-0.2, -0.15) is 0 Å². The van der Waals surface area contributed by atoms with E-state index in [-0.39, 0.29) is 5.97 Å². The zero-order chi connectivity index (χ0) is 13.5. The lowest BCUT2D eigenvalue weighted by Crippen LogP contribution is -2.29. The van der Waals surface area contributed by atoms with E-state index in [2.05, 4.69) is 15.9 Å². The van der Waals surface area contributed by atoms with Crippen molar-refractivity contribution in [3.8, 4) is 0 Å². The summed E-state index contributed by atoms with van der Waals surface area (Å²) in [5.74, 6) is -0.254. The largest absolute Gasteiger partial charge is 0.445 e. The number of carbonyl (C=O) groups excluding carboxylic acids is 1. The lowest BCUT2D eigenvalue weighted by atomic mass is 9.87. The minimum Gasteiger partial charge on any atom is -0.445 e. The number of carbonyl (C=O) groups is 1. The molecule has 0 aliphatic carbocycles. The quantitative estimate of drug-likeness (QED) is 0.622. The van der Waals surface area contributed by atoms with Gasteiger partial charge in [-0.15, -0.1) is 0 Å². The minimum absolute atomic E-state index is 0.254. The number of hydrogen-bond acceptors (Lipinski definition) is 2. The number of halogens is 1. The molecule has 0 amide bonds. The second kappa shape index (κ2) is 4.49. The van der Waals surface area contributed by atoms with Crippen LogP contribution in [0.1, 0.15) is 27.0 Å². The minimum atomic E-state index is -0.707. The molecule has 1 aliphatic rings. The Kier molecular flexibility index (Phi) is 2.94. The molecule has 0 N–H and O–H groups in total. The van der Waals surface area contributed by atoms with Crippen LogP contribution < -0.4 is 0 Å². The first-order valence-corrected chi connectivity index (χ1v) is 7.25. The molecule has 2 aromatic carbocycles. The summed E-state index contributed by atoms with van der Waals surface area (Å²) in [5, 5.41) is 0.547. The number of aryl methyl sites for hydroxylation is 1. The highest BCUT2D eigenvalue weighted by Crippen LogP contribution is 2.43. The van der Waals surface area contributed by atoms with Crippen molar-refractivity contribution >= 4 is 21.9 Å². The zero-order valence-electron chi connectivity index (χ0n) is 10.5. The summed E-state index contributed by atoms with van der Waals surface area (Å²) in [6.07, 6.45) is 0. The Morgan fingerprint density at radius 1 is 1.11 bits per heavy atom. The van der Waals surface area contributed by atoms with Gasteiger partial charge in [-0.05, 0) is 13.0 Å². The van der Waals surface area contributed by atoms with Gasteiger partial charge in [0.1, 0.15) is 0 Å². The molecule has 0 bridgehead atoms. The van der Waals surface area contributed by atoms with Crippen molar-refractivity contribution in [2.75, 3.05) is 5.33 Å². The number of rotatable bonds is 2. The number of hydrogen-bond donors (Lipinski definition) is 0. The Morgan fingerprint density at radius 3 is 2.47 bits per heavy atom. The van der Waals surface area contributed by atoms with E-state index in [1.165, 1.54) is 5.56 Å². The van der Waals surface area contributed by atoms with Gasteiger partial charge >= 0.3 is 5.97 Å². The van der Waals surface area contributed by atoms with Crippen LogP contribution >= 0.6 is 15.9 Å². The van der Waals surface area contributed by atoms with E-state index >= 15 is 0 Å². The molecule has 0 fully saturated rings. The van der Waals surface area contributed by atoms with Crippen LogP contribution in [-0.4, -0.2) is 11.3 Å². The molecule has 1 atom stereocenters. The Hall–Kier alpha value is -1.61. The Balaban J connectivity index is 2.21. The maximum atomic E-state index is 12.0. The first-order valence-electron chi connectivity index (χ1n) is 6.13. The van der Waals surface area contributed by atoms with Crippen LogP contribution in [0.5, 0.6) is 0 Å². The maximum absolute atomic E-state index is 12.0. The molecule has 0 saturated carbocycles. The van der Waals surface area contributed by atoms with E-state index < -0.39 is 5.60 Å². The summed E-state index contributed by atoms with van der Waals surface area (Å²) in [6.45, 7) is 2.04. The fraction of sp³-hybridized carbons (Fsp3) is 0.188. The predicted molar refractivity (Wildman–Crippen MR) is 77.6 cm³/mol. The molecule has 19 heavy (non-hydrogen) atoms. The van der Waals surface area contributed by atoms with Crippen LogP contribution in [0.2, 0.25) is 0 Å². The summed E-state index contributed by atoms with van der Waals surface area (Å²) in [6, 6.07) is 15.7. The summed E-state index contributed by atoms with van der Waals surface area (Å²) in [5.41, 5.74) is 3.06. The van der Waals surface area contributed by atoms with Gasteiger partial charge in [0.05, 0.1) is 10.9 Å². The van der Waals surface area contributed by atoms with Crippen LogP contribution in [0.25, 0.3) is 0 Å². The van der Waals surface area contributed by atoms with Gasteiger partial charge in [0.25, 0.3) is 0 Å². The van der Waals surface area contributed by atoms with Crippen molar-refractivity contribution in [3.05, 3.63) is 70.8 Å². The first kappa shape index (κ1) is 12.4. The Bertz CT molecular complexity index is 633. The normalized spacial score (nSPS) is 21.1. The van der Waals surface area contributed by atoms with Gasteiger partial charge in [0.2, 0.25) is 0 Å². The Labute approximate surface area is 120 Å². The zero-order valence-corrected chi connectivity index (χ0v) is 12.1. The van der Waals surface area contributed by atoms with E-state index in [1.54, 1.807) is 0 Å². The molecule has 2 aromatic rings. The molecule has 0 spiro atoms. The third-order valence-electron chi connectivity index (χ3n) is 3.56. The molecule has 3 heteroatoms. The second-order valence-corrected chi connectivity index (χ2v) is 5.32. The standard InChI is InChI=1S/C16H13BrO2/c1-11-6-8-12(9-7-11)16(10-17)14-5-3-2-4-13(14)15(18)19-16/h2-9H,10H2,1H3/t16-/m0/s1. The average Bonchev–Trinajstić information content (AvgIpc) is 2.74. The van der Waals surface area contributed by atoms with Crippen molar-refractivity contribution in [1.82, 2.24) is 0 Å². The number of fused-ring (bicyclic) bond motifs is 1. The van der Waals surface area contributed by atoms with Crippen molar-refractivity contribution in [1.29, 1.82) is 0 Å². The van der Waals surface area contributed by atoms with Crippen molar-refractivity contribution in [2.45, 2.75) is 12.5 Å². The lowest BCUT2D eigenvalue weighted by molar-refractivity contribution is 0.0201. The highest BCUT2D eigenvalue weighted by atomic mass is 79.9. The average molecular weight is 317 g/mol. The molecule has 2 nitrogen and oxygen atoms in total. The number of benzene rings is 2. The fourth-order valence-corrected chi connectivity index (χ4v) is 3.24. The highest BCUT2D eigenvalue weighted by Gasteiger charge is 2.45. The molecule has 96 valence electrons. The van der Waals surface area contributed by atoms with E-state index in [4.69, 9.17) is 4.74 Å². The number of ether oxygens (including phenoxy) is 1. The SMILES string of the molecule is Cc1ccc([C@]2(CBr)OC(=O)c3ccccc32)cc1. The third-order valence-corrected chi connectivity index (χ3v) is 4.34. The molecular weight excluding hydrogens is 304 g/mol. The summed E-state index contributed by atoms with van der Waals surface area (Å²) in [4.78, 5) is 12.0. The monoisotopic (exact) mass is 316 g/mol. The van der Waals surface area contributed by atoms with E-state index in [9.17, 15) is 4.79 Å². The molecule has 0 saturated heterocycles.